The highest BCUT2D eigenvalue weighted by Gasteiger charge is 2.09. The van der Waals surface area contributed by atoms with Crippen LogP contribution in [0.15, 0.2) is 42.6 Å². The van der Waals surface area contributed by atoms with Crippen LogP contribution in [0.3, 0.4) is 0 Å². The lowest BCUT2D eigenvalue weighted by Gasteiger charge is -2.08. The van der Waals surface area contributed by atoms with Crippen molar-refractivity contribution in [2.45, 2.75) is 13.0 Å². The summed E-state index contributed by atoms with van der Waals surface area (Å²) in [5.74, 6) is 0.517. The van der Waals surface area contributed by atoms with Gasteiger partial charge in [-0.2, -0.15) is 0 Å². The van der Waals surface area contributed by atoms with Crippen molar-refractivity contribution in [3.63, 3.8) is 0 Å². The van der Waals surface area contributed by atoms with E-state index in [9.17, 15) is 4.79 Å². The number of carbonyl (C=O) groups excluding carboxylic acids is 1. The van der Waals surface area contributed by atoms with Crippen LogP contribution in [-0.4, -0.2) is 22.1 Å². The van der Waals surface area contributed by atoms with Crippen molar-refractivity contribution >= 4 is 23.2 Å². The van der Waals surface area contributed by atoms with Gasteiger partial charge >= 0.3 is 0 Å². The number of anilines is 1. The van der Waals surface area contributed by atoms with Gasteiger partial charge in [0.05, 0.1) is 11.9 Å². The number of rotatable bonds is 4. The molecule has 1 amide bonds. The Balaban J connectivity index is 2.01. The molecule has 0 radical (unpaired) electrons. The summed E-state index contributed by atoms with van der Waals surface area (Å²) in [6.45, 7) is 1.39. The van der Waals surface area contributed by atoms with Crippen LogP contribution >= 0.6 is 11.6 Å². The topological polar surface area (TPSA) is 71.5 Å². The van der Waals surface area contributed by atoms with Crippen molar-refractivity contribution in [1.82, 2.24) is 4.98 Å². The monoisotopic (exact) mass is 292 g/mol. The van der Waals surface area contributed by atoms with Gasteiger partial charge in [0.15, 0.2) is 0 Å². The minimum absolute atomic E-state index is 0.391. The third kappa shape index (κ3) is 3.94. The van der Waals surface area contributed by atoms with E-state index in [0.29, 0.717) is 22.3 Å². The first-order chi connectivity index (χ1) is 9.54. The van der Waals surface area contributed by atoms with E-state index < -0.39 is 12.0 Å². The van der Waals surface area contributed by atoms with E-state index in [1.54, 1.807) is 36.4 Å². The second-order valence-electron chi connectivity index (χ2n) is 4.11. The number of nitrogens with zero attached hydrogens (tertiary/aromatic N) is 1. The first-order valence-corrected chi connectivity index (χ1v) is 6.31. The summed E-state index contributed by atoms with van der Waals surface area (Å²) in [7, 11) is 0. The number of hydrogen-bond acceptors (Lipinski definition) is 4. The highest BCUT2D eigenvalue weighted by molar-refractivity contribution is 6.30. The van der Waals surface area contributed by atoms with Gasteiger partial charge in [0, 0.05) is 11.1 Å². The number of hydrogen-bond donors (Lipinski definition) is 2. The average molecular weight is 293 g/mol. The zero-order chi connectivity index (χ0) is 14.5. The van der Waals surface area contributed by atoms with Gasteiger partial charge in [-0.3, -0.25) is 4.79 Å². The smallest absolute Gasteiger partial charge is 0.252 e. The maximum absolute atomic E-state index is 11.3. The van der Waals surface area contributed by atoms with Crippen LogP contribution < -0.4 is 10.1 Å². The van der Waals surface area contributed by atoms with E-state index >= 15 is 0 Å². The van der Waals surface area contributed by atoms with E-state index in [1.165, 1.54) is 13.1 Å². The van der Waals surface area contributed by atoms with Crippen LogP contribution in [0.5, 0.6) is 11.6 Å². The molecule has 0 aliphatic heterocycles. The quantitative estimate of drug-likeness (QED) is 0.909. The zero-order valence-corrected chi connectivity index (χ0v) is 11.5. The Hall–Kier alpha value is -2.11. The number of aliphatic hydroxyl groups excluding tert-OH is 1. The molecule has 6 heteroatoms. The Morgan fingerprint density at radius 1 is 1.30 bits per heavy atom. The van der Waals surface area contributed by atoms with E-state index in [1.807, 2.05) is 0 Å². The lowest BCUT2D eigenvalue weighted by atomic mass is 10.3. The fourth-order valence-corrected chi connectivity index (χ4v) is 1.51. The number of pyridine rings is 1. The summed E-state index contributed by atoms with van der Waals surface area (Å²) < 4.78 is 5.51. The molecule has 0 saturated heterocycles. The largest absolute Gasteiger partial charge is 0.439 e. The van der Waals surface area contributed by atoms with Gasteiger partial charge in [-0.05, 0) is 37.3 Å². The van der Waals surface area contributed by atoms with Crippen molar-refractivity contribution in [2.75, 3.05) is 5.32 Å². The Morgan fingerprint density at radius 3 is 2.55 bits per heavy atom. The molecule has 104 valence electrons. The summed E-state index contributed by atoms with van der Waals surface area (Å²) >= 11 is 5.78. The van der Waals surface area contributed by atoms with Crippen molar-refractivity contribution < 1.29 is 14.6 Å². The third-order valence-electron chi connectivity index (χ3n) is 2.42. The fraction of sp³-hybridized carbons (Fsp3) is 0.143. The summed E-state index contributed by atoms with van der Waals surface area (Å²) in [5, 5.41) is 12.2. The predicted molar refractivity (Wildman–Crippen MR) is 76.1 cm³/mol. The number of amides is 1. The van der Waals surface area contributed by atoms with Crippen LogP contribution in [0.1, 0.15) is 6.92 Å². The fourth-order valence-electron chi connectivity index (χ4n) is 1.38. The highest BCUT2D eigenvalue weighted by atomic mass is 35.5. The van der Waals surface area contributed by atoms with E-state index in [2.05, 4.69) is 10.3 Å². The summed E-state index contributed by atoms with van der Waals surface area (Å²) in [5.41, 5.74) is 0.486. The molecule has 1 aromatic carbocycles. The van der Waals surface area contributed by atoms with E-state index in [-0.39, 0.29) is 0 Å². The highest BCUT2D eigenvalue weighted by Crippen LogP contribution is 2.22. The number of ether oxygens (including phenoxy) is 1. The van der Waals surface area contributed by atoms with Gasteiger partial charge in [0.2, 0.25) is 5.88 Å². The van der Waals surface area contributed by atoms with Gasteiger partial charge in [0.25, 0.3) is 5.91 Å². The Morgan fingerprint density at radius 2 is 2.00 bits per heavy atom. The molecule has 0 aliphatic rings. The van der Waals surface area contributed by atoms with Crippen LogP contribution in [0, 0.1) is 0 Å². The van der Waals surface area contributed by atoms with Crippen LogP contribution in [-0.2, 0) is 4.79 Å². The maximum Gasteiger partial charge on any atom is 0.252 e. The second kappa shape index (κ2) is 6.36. The average Bonchev–Trinajstić information content (AvgIpc) is 2.43. The SMILES string of the molecule is CC(O)C(=O)Nc1ccc(Oc2ccc(Cl)cc2)nc1. The molecule has 0 saturated carbocycles. The number of nitrogens with one attached hydrogen (secondary N) is 1. The van der Waals surface area contributed by atoms with Gasteiger partial charge < -0.3 is 15.2 Å². The third-order valence-corrected chi connectivity index (χ3v) is 2.67. The van der Waals surface area contributed by atoms with E-state index in [4.69, 9.17) is 21.4 Å². The maximum atomic E-state index is 11.3. The molecule has 1 unspecified atom stereocenters. The van der Waals surface area contributed by atoms with Crippen LogP contribution in [0.2, 0.25) is 5.02 Å². The number of carbonyl (C=O) groups is 1. The van der Waals surface area contributed by atoms with Gasteiger partial charge in [0.1, 0.15) is 11.9 Å². The molecule has 0 bridgehead atoms. The molecule has 1 aromatic heterocycles. The Kier molecular flexibility index (Phi) is 4.55. The van der Waals surface area contributed by atoms with Crippen molar-refractivity contribution in [3.8, 4) is 11.6 Å². The predicted octanol–water partition coefficient (Wildman–Crippen LogP) is 2.85. The molecule has 1 heterocycles. The lowest BCUT2D eigenvalue weighted by Crippen LogP contribution is -2.24. The molecule has 0 spiro atoms. The van der Waals surface area contributed by atoms with Gasteiger partial charge in [-0.15, -0.1) is 0 Å². The molecule has 5 nitrogen and oxygen atoms in total. The first-order valence-electron chi connectivity index (χ1n) is 5.93. The number of aromatic nitrogens is 1. The molecular weight excluding hydrogens is 280 g/mol. The van der Waals surface area contributed by atoms with E-state index in [0.717, 1.165) is 0 Å². The number of halogens is 1. The molecule has 2 N–H and O–H groups in total. The zero-order valence-electron chi connectivity index (χ0n) is 10.7. The summed E-state index contributed by atoms with van der Waals surface area (Å²) in [6.07, 6.45) is 0.380. The second-order valence-corrected chi connectivity index (χ2v) is 4.54. The van der Waals surface area contributed by atoms with Crippen molar-refractivity contribution in [3.05, 3.63) is 47.6 Å². The summed E-state index contributed by atoms with van der Waals surface area (Å²) in [6, 6.07) is 10.1. The van der Waals surface area contributed by atoms with Crippen molar-refractivity contribution in [1.29, 1.82) is 0 Å². The molecule has 2 aromatic rings. The molecular formula is C14H13ClN2O3. The number of aliphatic hydroxyl groups is 1. The van der Waals surface area contributed by atoms with Crippen LogP contribution in [0.25, 0.3) is 0 Å². The molecule has 0 fully saturated rings. The molecule has 1 atom stereocenters. The first kappa shape index (κ1) is 14.3. The minimum atomic E-state index is -1.07. The molecule has 20 heavy (non-hydrogen) atoms. The van der Waals surface area contributed by atoms with Crippen LogP contribution in [0.4, 0.5) is 5.69 Å². The normalized spacial score (nSPS) is 11.8. The van der Waals surface area contributed by atoms with Gasteiger partial charge in [-0.25, -0.2) is 4.98 Å². The minimum Gasteiger partial charge on any atom is -0.439 e. The summed E-state index contributed by atoms with van der Waals surface area (Å²) in [4.78, 5) is 15.3. The Bertz CT molecular complexity index is 582. The standard InChI is InChI=1S/C14H13ClN2O3/c1-9(18)14(19)17-11-4-7-13(16-8-11)20-12-5-2-10(15)3-6-12/h2-9,18H,1H3,(H,17,19). The van der Waals surface area contributed by atoms with Gasteiger partial charge in [-0.1, -0.05) is 11.6 Å². The lowest BCUT2D eigenvalue weighted by molar-refractivity contribution is -0.123. The Labute approximate surface area is 121 Å². The van der Waals surface area contributed by atoms with Crippen molar-refractivity contribution in [2.24, 2.45) is 0 Å². The number of benzene rings is 1. The molecule has 2 rings (SSSR count). The molecule has 0 aliphatic carbocycles.